The molecule has 4 heteroatoms. The van der Waals surface area contributed by atoms with Gasteiger partial charge in [-0.2, -0.15) is 0 Å². The van der Waals surface area contributed by atoms with Crippen LogP contribution in [0.2, 0.25) is 6.04 Å². The summed E-state index contributed by atoms with van der Waals surface area (Å²) in [5.41, 5.74) is 0.708. The molecule has 4 aliphatic carbocycles. The predicted octanol–water partition coefficient (Wildman–Crippen LogP) is 3.22. The lowest BCUT2D eigenvalue weighted by atomic mass is 9.34. The van der Waals surface area contributed by atoms with Gasteiger partial charge in [0.25, 0.3) is 0 Å². The molecule has 5 aliphatic rings. The molecule has 5 rings (SSSR count). The average Bonchev–Trinajstić information content (AvgIpc) is 3.08. The lowest BCUT2D eigenvalue weighted by molar-refractivity contribution is -0.361. The second kappa shape index (κ2) is 3.53. The van der Waals surface area contributed by atoms with E-state index >= 15 is 0 Å². The standard InChI is InChI=1S/C16H26O3Si/c1-4-8-20(17-3)18-13-7-6-10-14(13)16(19-20)12-9-11(12)15(10,16)5-2/h10-14H,4-9H2,1-3H3. The summed E-state index contributed by atoms with van der Waals surface area (Å²) >= 11 is 0. The molecular formula is C16H26O3Si. The van der Waals surface area contributed by atoms with Gasteiger partial charge in [0, 0.05) is 24.5 Å². The molecule has 0 amide bonds. The van der Waals surface area contributed by atoms with Crippen LogP contribution in [0.3, 0.4) is 0 Å². The van der Waals surface area contributed by atoms with E-state index in [-0.39, 0.29) is 5.60 Å². The normalized spacial score (nSPS) is 64.7. The maximum Gasteiger partial charge on any atom is 0.501 e. The number of hydrogen-bond donors (Lipinski definition) is 0. The highest BCUT2D eigenvalue weighted by Crippen LogP contribution is 2.91. The highest BCUT2D eigenvalue weighted by Gasteiger charge is 2.94. The Balaban J connectivity index is 1.58. The summed E-state index contributed by atoms with van der Waals surface area (Å²) in [6.07, 6.45) is 6.91. The van der Waals surface area contributed by atoms with Crippen LogP contribution in [0.1, 0.15) is 46.0 Å². The van der Waals surface area contributed by atoms with Gasteiger partial charge in [-0.1, -0.05) is 20.3 Å². The van der Waals surface area contributed by atoms with E-state index in [2.05, 4.69) is 13.8 Å². The zero-order valence-corrected chi connectivity index (χ0v) is 13.9. The molecule has 20 heavy (non-hydrogen) atoms. The highest BCUT2D eigenvalue weighted by atomic mass is 28.4. The fraction of sp³-hybridized carbons (Fsp3) is 1.00. The minimum atomic E-state index is -2.41. The van der Waals surface area contributed by atoms with Crippen molar-refractivity contribution in [2.45, 2.75) is 63.7 Å². The molecule has 3 nitrogen and oxygen atoms in total. The van der Waals surface area contributed by atoms with Crippen LogP contribution in [-0.2, 0) is 13.3 Å². The number of rotatable bonds is 4. The second-order valence-electron chi connectivity index (χ2n) is 7.74. The Hall–Kier alpha value is 0.0969. The monoisotopic (exact) mass is 294 g/mol. The zero-order chi connectivity index (χ0) is 13.8. The molecular weight excluding hydrogens is 268 g/mol. The van der Waals surface area contributed by atoms with Crippen molar-refractivity contribution in [3.05, 3.63) is 0 Å². The van der Waals surface area contributed by atoms with Gasteiger partial charge in [-0.3, -0.25) is 0 Å². The minimum Gasteiger partial charge on any atom is -0.377 e. The molecule has 1 saturated heterocycles. The van der Waals surface area contributed by atoms with Crippen LogP contribution in [-0.4, -0.2) is 27.6 Å². The first-order valence-corrected chi connectivity index (χ1v) is 10.6. The fourth-order valence-corrected chi connectivity index (χ4v) is 10.2. The molecule has 0 bridgehead atoms. The van der Waals surface area contributed by atoms with Crippen molar-refractivity contribution >= 4 is 8.80 Å². The Kier molecular flexibility index (Phi) is 2.23. The van der Waals surface area contributed by atoms with Crippen LogP contribution < -0.4 is 0 Å². The first-order chi connectivity index (χ1) is 9.69. The highest BCUT2D eigenvalue weighted by molar-refractivity contribution is 6.61. The van der Waals surface area contributed by atoms with Crippen LogP contribution in [0.15, 0.2) is 0 Å². The van der Waals surface area contributed by atoms with Crippen LogP contribution >= 0.6 is 0 Å². The third-order valence-electron chi connectivity index (χ3n) is 7.59. The fourth-order valence-electron chi connectivity index (χ4n) is 7.21. The van der Waals surface area contributed by atoms with Crippen LogP contribution in [0.25, 0.3) is 0 Å². The van der Waals surface area contributed by atoms with Crippen molar-refractivity contribution in [1.29, 1.82) is 0 Å². The lowest BCUT2D eigenvalue weighted by Gasteiger charge is -2.77. The molecule has 1 heterocycles. The van der Waals surface area contributed by atoms with Crippen molar-refractivity contribution in [1.82, 2.24) is 0 Å². The van der Waals surface area contributed by atoms with Gasteiger partial charge >= 0.3 is 8.80 Å². The molecule has 0 radical (unpaired) electrons. The molecule has 8 atom stereocenters. The summed E-state index contributed by atoms with van der Waals surface area (Å²) in [6, 6.07) is 0.996. The van der Waals surface area contributed by atoms with Gasteiger partial charge in [0.05, 0.1) is 11.7 Å². The second-order valence-corrected chi connectivity index (χ2v) is 10.5. The Morgan fingerprint density at radius 2 is 2.05 bits per heavy atom. The van der Waals surface area contributed by atoms with E-state index in [1.54, 1.807) is 0 Å². The largest absolute Gasteiger partial charge is 0.501 e. The van der Waals surface area contributed by atoms with Gasteiger partial charge in [0.1, 0.15) is 0 Å². The molecule has 0 N–H and O–H groups in total. The molecule has 5 fully saturated rings. The van der Waals surface area contributed by atoms with Crippen molar-refractivity contribution in [2.75, 3.05) is 7.11 Å². The van der Waals surface area contributed by atoms with E-state index in [0.717, 1.165) is 30.2 Å². The van der Waals surface area contributed by atoms with E-state index < -0.39 is 8.80 Å². The van der Waals surface area contributed by atoms with Gasteiger partial charge in [-0.25, -0.2) is 0 Å². The van der Waals surface area contributed by atoms with Gasteiger partial charge in [-0.05, 0) is 43.4 Å². The maximum absolute atomic E-state index is 6.87. The van der Waals surface area contributed by atoms with E-state index in [9.17, 15) is 0 Å². The third-order valence-corrected chi connectivity index (χ3v) is 10.6. The molecule has 1 aliphatic heterocycles. The predicted molar refractivity (Wildman–Crippen MR) is 77.1 cm³/mol. The molecule has 0 aromatic rings. The molecule has 112 valence electrons. The van der Waals surface area contributed by atoms with Crippen molar-refractivity contribution in [3.63, 3.8) is 0 Å². The van der Waals surface area contributed by atoms with Gasteiger partial charge < -0.3 is 13.3 Å². The Morgan fingerprint density at radius 1 is 1.20 bits per heavy atom. The molecule has 0 aromatic heterocycles. The average molecular weight is 294 g/mol. The maximum atomic E-state index is 6.87. The summed E-state index contributed by atoms with van der Waals surface area (Å²) in [6.45, 7) is 4.62. The topological polar surface area (TPSA) is 27.7 Å². The molecule has 8 unspecified atom stereocenters. The summed E-state index contributed by atoms with van der Waals surface area (Å²) in [7, 11) is -0.589. The van der Waals surface area contributed by atoms with Gasteiger partial charge in [-0.15, -0.1) is 0 Å². The smallest absolute Gasteiger partial charge is 0.377 e. The van der Waals surface area contributed by atoms with Crippen LogP contribution in [0, 0.1) is 29.1 Å². The van der Waals surface area contributed by atoms with Crippen LogP contribution in [0.5, 0.6) is 0 Å². The van der Waals surface area contributed by atoms with E-state index in [1.165, 1.54) is 25.7 Å². The summed E-state index contributed by atoms with van der Waals surface area (Å²) in [4.78, 5) is 0. The van der Waals surface area contributed by atoms with Gasteiger partial charge in [0.2, 0.25) is 0 Å². The summed E-state index contributed by atoms with van der Waals surface area (Å²) in [5, 5.41) is 0. The van der Waals surface area contributed by atoms with Crippen molar-refractivity contribution in [3.8, 4) is 0 Å². The van der Waals surface area contributed by atoms with Gasteiger partial charge in [0.15, 0.2) is 0 Å². The Labute approximate surface area is 122 Å². The lowest BCUT2D eigenvalue weighted by Crippen LogP contribution is -2.85. The number of fused-ring (bicyclic) bond motifs is 3. The summed E-state index contributed by atoms with van der Waals surface area (Å²) in [5.74, 6) is 3.44. The SMILES string of the molecule is CCC[Si]1(OC)OC2CCC3C2C2(O1)C1CC1C32CC. The van der Waals surface area contributed by atoms with E-state index in [4.69, 9.17) is 13.3 Å². The molecule has 1 spiro atoms. The number of hydrogen-bond acceptors (Lipinski definition) is 3. The molecule has 0 aromatic carbocycles. The first kappa shape index (κ1) is 12.6. The zero-order valence-electron chi connectivity index (χ0n) is 12.9. The van der Waals surface area contributed by atoms with E-state index in [1.807, 2.05) is 7.11 Å². The third kappa shape index (κ3) is 0.990. The van der Waals surface area contributed by atoms with E-state index in [0.29, 0.717) is 17.4 Å². The van der Waals surface area contributed by atoms with Crippen molar-refractivity contribution in [2.24, 2.45) is 29.1 Å². The summed E-state index contributed by atoms with van der Waals surface area (Å²) < 4.78 is 19.3. The molecule has 4 saturated carbocycles. The van der Waals surface area contributed by atoms with Crippen LogP contribution in [0.4, 0.5) is 0 Å². The minimum absolute atomic E-state index is 0.188. The Bertz CT molecular complexity index is 471. The van der Waals surface area contributed by atoms with Crippen molar-refractivity contribution < 1.29 is 13.3 Å². The first-order valence-electron chi connectivity index (χ1n) is 8.62. The Morgan fingerprint density at radius 3 is 2.75 bits per heavy atom. The quantitative estimate of drug-likeness (QED) is 0.745.